The van der Waals surface area contributed by atoms with Gasteiger partial charge in [0, 0.05) is 6.42 Å². The summed E-state index contributed by atoms with van der Waals surface area (Å²) in [6, 6.07) is -1.30. The molecule has 0 heterocycles. The quantitative estimate of drug-likeness (QED) is 0.800. The van der Waals surface area contributed by atoms with Crippen LogP contribution in [-0.2, 0) is 9.53 Å². The van der Waals surface area contributed by atoms with Crippen LogP contribution in [0.2, 0.25) is 0 Å². The van der Waals surface area contributed by atoms with Crippen molar-refractivity contribution in [2.75, 3.05) is 0 Å². The summed E-state index contributed by atoms with van der Waals surface area (Å²) in [5.41, 5.74) is -2.41. The number of carboxylic acids is 1. The molecule has 0 aliphatic heterocycles. The van der Waals surface area contributed by atoms with Crippen LogP contribution in [0.5, 0.6) is 0 Å². The number of hydrogen-bond donors (Lipinski definition) is 2. The lowest BCUT2D eigenvalue weighted by Crippen LogP contribution is -2.46. The molecule has 0 aliphatic carbocycles. The normalized spacial score (nSPS) is 14.0. The predicted octanol–water partition coefficient (Wildman–Crippen LogP) is 2.10. The van der Waals surface area contributed by atoms with Crippen molar-refractivity contribution in [2.24, 2.45) is 0 Å². The van der Waals surface area contributed by atoms with Crippen LogP contribution in [0.25, 0.3) is 0 Å². The minimum absolute atomic E-state index is 0.318. The van der Waals surface area contributed by atoms with Crippen LogP contribution in [0.3, 0.4) is 0 Å². The van der Waals surface area contributed by atoms with E-state index < -0.39 is 29.4 Å². The fourth-order valence-corrected chi connectivity index (χ4v) is 1.14. The van der Waals surface area contributed by atoms with Crippen LogP contribution < -0.4 is 5.32 Å². The zero-order valence-corrected chi connectivity index (χ0v) is 10.8. The Bertz CT molecular complexity index is 291. The summed E-state index contributed by atoms with van der Waals surface area (Å²) in [7, 11) is 0. The Balaban J connectivity index is 4.47. The van der Waals surface area contributed by atoms with Gasteiger partial charge in [0.05, 0.1) is 0 Å². The first-order valence-electron chi connectivity index (χ1n) is 5.32. The van der Waals surface area contributed by atoms with E-state index in [1.807, 2.05) is 0 Å². The number of hydrogen-bond acceptors (Lipinski definition) is 3. The van der Waals surface area contributed by atoms with Crippen molar-refractivity contribution in [3.8, 4) is 0 Å². The van der Waals surface area contributed by atoms with E-state index in [9.17, 15) is 14.0 Å². The molecule has 0 fully saturated rings. The van der Waals surface area contributed by atoms with Gasteiger partial charge in [0.1, 0.15) is 17.3 Å². The monoisotopic (exact) mass is 249 g/mol. The van der Waals surface area contributed by atoms with Gasteiger partial charge in [0.25, 0.3) is 0 Å². The standard InChI is InChI=1S/C11H20FNO4/c1-10(2,3)17-9(16)13-7(8(14)15)6-11(4,5)12/h7H,6H2,1-5H3,(H,13,16)(H,14,15). The molecule has 0 saturated heterocycles. The highest BCUT2D eigenvalue weighted by molar-refractivity contribution is 5.80. The smallest absolute Gasteiger partial charge is 0.408 e. The maximum absolute atomic E-state index is 13.3. The molecule has 0 radical (unpaired) electrons. The molecule has 1 atom stereocenters. The number of carbonyl (C=O) groups is 2. The summed E-state index contributed by atoms with van der Waals surface area (Å²) in [4.78, 5) is 22.2. The highest BCUT2D eigenvalue weighted by Crippen LogP contribution is 2.17. The van der Waals surface area contributed by atoms with E-state index >= 15 is 0 Å². The highest BCUT2D eigenvalue weighted by Gasteiger charge is 2.30. The van der Waals surface area contributed by atoms with Gasteiger partial charge in [-0.2, -0.15) is 0 Å². The predicted molar refractivity (Wildman–Crippen MR) is 60.6 cm³/mol. The molecular weight excluding hydrogens is 229 g/mol. The van der Waals surface area contributed by atoms with Crippen LogP contribution in [0.4, 0.5) is 9.18 Å². The molecule has 6 heteroatoms. The van der Waals surface area contributed by atoms with E-state index in [4.69, 9.17) is 9.84 Å². The van der Waals surface area contributed by atoms with Gasteiger partial charge in [0.2, 0.25) is 0 Å². The summed E-state index contributed by atoms with van der Waals surface area (Å²) >= 11 is 0. The number of aliphatic carboxylic acids is 1. The van der Waals surface area contributed by atoms with E-state index in [2.05, 4.69) is 5.32 Å². The third-order valence-electron chi connectivity index (χ3n) is 1.68. The number of alkyl carbamates (subject to hydrolysis) is 1. The lowest BCUT2D eigenvalue weighted by Gasteiger charge is -2.24. The Morgan fingerprint density at radius 1 is 1.29 bits per heavy atom. The third-order valence-corrected chi connectivity index (χ3v) is 1.68. The minimum Gasteiger partial charge on any atom is -0.480 e. The Morgan fingerprint density at radius 3 is 2.06 bits per heavy atom. The second-order valence-corrected chi connectivity index (χ2v) is 5.46. The first-order chi connectivity index (χ1) is 7.41. The molecule has 0 aliphatic rings. The fraction of sp³-hybridized carbons (Fsp3) is 0.818. The number of halogens is 1. The van der Waals surface area contributed by atoms with E-state index in [0.29, 0.717) is 0 Å². The van der Waals surface area contributed by atoms with E-state index in [0.717, 1.165) is 0 Å². The number of alkyl halides is 1. The Kier molecular flexibility index (Phi) is 4.92. The number of rotatable bonds is 4. The Morgan fingerprint density at radius 2 is 1.76 bits per heavy atom. The van der Waals surface area contributed by atoms with E-state index in [-0.39, 0.29) is 6.42 Å². The van der Waals surface area contributed by atoms with Crippen molar-refractivity contribution < 1.29 is 23.8 Å². The molecule has 0 saturated carbocycles. The summed E-state index contributed by atoms with van der Waals surface area (Å²) in [6.07, 6.45) is -1.18. The number of amides is 1. The van der Waals surface area contributed by atoms with Gasteiger partial charge in [-0.1, -0.05) is 0 Å². The van der Waals surface area contributed by atoms with Crippen molar-refractivity contribution in [1.29, 1.82) is 0 Å². The minimum atomic E-state index is -1.68. The zero-order valence-electron chi connectivity index (χ0n) is 10.8. The molecule has 0 aromatic heterocycles. The summed E-state index contributed by atoms with van der Waals surface area (Å²) in [6.45, 7) is 7.46. The third kappa shape index (κ3) is 8.47. The molecule has 0 aromatic carbocycles. The molecule has 0 rings (SSSR count). The molecule has 100 valence electrons. The molecule has 1 amide bonds. The Hall–Kier alpha value is -1.33. The number of carboxylic acid groups (broad SMARTS) is 1. The summed E-state index contributed by atoms with van der Waals surface area (Å²) in [5.74, 6) is -1.29. The van der Waals surface area contributed by atoms with Gasteiger partial charge in [-0.3, -0.25) is 0 Å². The number of nitrogens with one attached hydrogen (secondary N) is 1. The molecular formula is C11H20FNO4. The first-order valence-corrected chi connectivity index (χ1v) is 5.32. The maximum Gasteiger partial charge on any atom is 0.408 e. The van der Waals surface area contributed by atoms with Crippen LogP contribution in [-0.4, -0.2) is 34.5 Å². The lowest BCUT2D eigenvalue weighted by molar-refractivity contribution is -0.140. The zero-order chi connectivity index (χ0) is 13.9. The number of carbonyl (C=O) groups excluding carboxylic acids is 1. The fourth-order valence-electron chi connectivity index (χ4n) is 1.14. The van der Waals surface area contributed by atoms with Gasteiger partial charge in [0.15, 0.2) is 0 Å². The SMILES string of the molecule is CC(C)(F)CC(NC(=O)OC(C)(C)C)C(=O)O. The lowest BCUT2D eigenvalue weighted by atomic mass is 10.0. The summed E-state index contributed by atoms with van der Waals surface area (Å²) in [5, 5.41) is 11.0. The summed E-state index contributed by atoms with van der Waals surface area (Å²) < 4.78 is 18.2. The van der Waals surface area contributed by atoms with Gasteiger partial charge in [-0.15, -0.1) is 0 Å². The van der Waals surface area contributed by atoms with Crippen LogP contribution >= 0.6 is 0 Å². The van der Waals surface area contributed by atoms with Crippen LogP contribution in [0.15, 0.2) is 0 Å². The van der Waals surface area contributed by atoms with Crippen molar-refractivity contribution >= 4 is 12.1 Å². The topological polar surface area (TPSA) is 75.6 Å². The largest absolute Gasteiger partial charge is 0.480 e. The van der Waals surface area contributed by atoms with Crippen molar-refractivity contribution in [3.05, 3.63) is 0 Å². The molecule has 2 N–H and O–H groups in total. The molecule has 0 aromatic rings. The van der Waals surface area contributed by atoms with Gasteiger partial charge in [-0.05, 0) is 34.6 Å². The van der Waals surface area contributed by atoms with E-state index in [1.165, 1.54) is 13.8 Å². The molecule has 0 spiro atoms. The molecule has 0 bridgehead atoms. The number of ether oxygens (including phenoxy) is 1. The van der Waals surface area contributed by atoms with Gasteiger partial charge in [-0.25, -0.2) is 14.0 Å². The molecule has 17 heavy (non-hydrogen) atoms. The van der Waals surface area contributed by atoms with Crippen molar-refractivity contribution in [2.45, 2.75) is 58.4 Å². The average molecular weight is 249 g/mol. The van der Waals surface area contributed by atoms with Gasteiger partial charge < -0.3 is 15.2 Å². The second kappa shape index (κ2) is 5.33. The van der Waals surface area contributed by atoms with Crippen molar-refractivity contribution in [3.63, 3.8) is 0 Å². The highest BCUT2D eigenvalue weighted by atomic mass is 19.1. The maximum atomic E-state index is 13.3. The van der Waals surface area contributed by atoms with Gasteiger partial charge >= 0.3 is 12.1 Å². The van der Waals surface area contributed by atoms with Crippen molar-refractivity contribution in [1.82, 2.24) is 5.32 Å². The Labute approximate surface area is 100 Å². The molecule has 5 nitrogen and oxygen atoms in total. The first kappa shape index (κ1) is 15.7. The average Bonchev–Trinajstić information content (AvgIpc) is 1.95. The van der Waals surface area contributed by atoms with E-state index in [1.54, 1.807) is 20.8 Å². The van der Waals surface area contributed by atoms with Crippen LogP contribution in [0, 0.1) is 0 Å². The second-order valence-electron chi connectivity index (χ2n) is 5.46. The molecule has 1 unspecified atom stereocenters. The van der Waals surface area contributed by atoms with Crippen LogP contribution in [0.1, 0.15) is 41.0 Å².